The highest BCUT2D eigenvalue weighted by atomic mass is 32.1. The predicted octanol–water partition coefficient (Wildman–Crippen LogP) is 1.77. The minimum Gasteiger partial charge on any atom is -0.457 e. The lowest BCUT2D eigenvalue weighted by molar-refractivity contribution is -0.137. The summed E-state index contributed by atoms with van der Waals surface area (Å²) in [5, 5.41) is 15.7. The van der Waals surface area contributed by atoms with Crippen molar-refractivity contribution in [1.29, 1.82) is 5.26 Å². The number of aromatic nitrogens is 1. The van der Waals surface area contributed by atoms with Crippen LogP contribution in [0.4, 0.5) is 11.4 Å². The van der Waals surface area contributed by atoms with Gasteiger partial charge in [-0.25, -0.2) is 4.79 Å². The van der Waals surface area contributed by atoms with E-state index in [4.69, 9.17) is 4.74 Å². The fourth-order valence-corrected chi connectivity index (χ4v) is 5.40. The van der Waals surface area contributed by atoms with E-state index in [0.29, 0.717) is 28.9 Å². The molecule has 0 aliphatic carbocycles. The Labute approximate surface area is 242 Å². The second-order valence-electron chi connectivity index (χ2n) is 9.68. The van der Waals surface area contributed by atoms with Crippen molar-refractivity contribution in [1.82, 2.24) is 14.4 Å². The summed E-state index contributed by atoms with van der Waals surface area (Å²) < 4.78 is 7.32. The lowest BCUT2D eigenvalue weighted by Gasteiger charge is -2.32. The molecule has 10 nitrogen and oxygen atoms in total. The molecule has 0 unspecified atom stereocenters. The molecule has 3 aromatic rings. The van der Waals surface area contributed by atoms with E-state index >= 15 is 0 Å². The molecule has 4 rings (SSSR count). The van der Waals surface area contributed by atoms with Crippen molar-refractivity contribution in [3.63, 3.8) is 0 Å². The van der Waals surface area contributed by atoms with Gasteiger partial charge in [-0.1, -0.05) is 30.3 Å². The topological polar surface area (TPSA) is 120 Å². The molecule has 214 valence electrons. The van der Waals surface area contributed by atoms with Crippen molar-refractivity contribution < 1.29 is 14.3 Å². The average molecular weight is 575 g/mol. The minimum atomic E-state index is -0.777. The number of hydrogen-bond donors (Lipinski definition) is 2. The van der Waals surface area contributed by atoms with E-state index in [2.05, 4.69) is 27.5 Å². The molecule has 2 aromatic carbocycles. The van der Waals surface area contributed by atoms with Crippen LogP contribution in [0, 0.1) is 11.3 Å². The number of hydrogen-bond acceptors (Lipinski definition) is 9. The van der Waals surface area contributed by atoms with Gasteiger partial charge < -0.3 is 25.2 Å². The van der Waals surface area contributed by atoms with Gasteiger partial charge in [0.1, 0.15) is 21.9 Å². The second kappa shape index (κ2) is 14.4. The van der Waals surface area contributed by atoms with Crippen molar-refractivity contribution in [2.45, 2.75) is 26.5 Å². The molecule has 41 heavy (non-hydrogen) atoms. The molecule has 1 amide bonds. The van der Waals surface area contributed by atoms with Crippen molar-refractivity contribution in [3.8, 4) is 6.07 Å². The van der Waals surface area contributed by atoms with Gasteiger partial charge in [-0.3, -0.25) is 14.2 Å². The second-order valence-corrected chi connectivity index (χ2v) is 10.7. The number of likely N-dealkylation sites (N-methyl/N-ethyl adjacent to an activating group) is 1. The summed E-state index contributed by atoms with van der Waals surface area (Å²) in [5.74, 6) is -0.810. The Kier molecular flexibility index (Phi) is 10.5. The fraction of sp³-hybridized carbons (Fsp3) is 0.333. The van der Waals surface area contributed by atoms with Crippen LogP contribution < -0.4 is 25.4 Å². The van der Waals surface area contributed by atoms with E-state index in [1.807, 2.05) is 36.4 Å². The molecule has 2 N–H and O–H groups in total. The highest BCUT2D eigenvalue weighted by Gasteiger charge is 2.17. The van der Waals surface area contributed by atoms with Crippen molar-refractivity contribution >= 4 is 46.4 Å². The third kappa shape index (κ3) is 8.14. The predicted molar refractivity (Wildman–Crippen MR) is 160 cm³/mol. The van der Waals surface area contributed by atoms with Crippen LogP contribution in [0.25, 0.3) is 11.8 Å². The van der Waals surface area contributed by atoms with E-state index in [0.717, 1.165) is 49.6 Å². The van der Waals surface area contributed by atoms with Crippen molar-refractivity contribution in [3.05, 3.63) is 79.7 Å². The summed E-state index contributed by atoms with van der Waals surface area (Å²) in [5.41, 5.74) is 1.68. The number of thiazole rings is 1. The van der Waals surface area contributed by atoms with Crippen LogP contribution in [0.2, 0.25) is 0 Å². The summed E-state index contributed by atoms with van der Waals surface area (Å²) in [6.07, 6.45) is 1.99. The molecule has 1 aliphatic rings. The Balaban J connectivity index is 1.40. The van der Waals surface area contributed by atoms with E-state index in [9.17, 15) is 19.6 Å². The van der Waals surface area contributed by atoms with Gasteiger partial charge in [0.2, 0.25) is 5.91 Å². The van der Waals surface area contributed by atoms with Crippen LogP contribution in [0.3, 0.4) is 0 Å². The molecule has 0 bridgehead atoms. The molecular weight excluding hydrogens is 540 g/mol. The molecular formula is C30H34N6O4S. The zero-order valence-corrected chi connectivity index (χ0v) is 24.1. The number of carbonyl (C=O) groups excluding carboxylic acids is 2. The van der Waals surface area contributed by atoms with Gasteiger partial charge in [0, 0.05) is 63.3 Å². The summed E-state index contributed by atoms with van der Waals surface area (Å²) in [6.45, 7) is 6.82. The average Bonchev–Trinajstić information content (AvgIpc) is 3.30. The maximum Gasteiger partial charge on any atom is 0.352 e. The number of nitrogens with one attached hydrogen (secondary N) is 2. The van der Waals surface area contributed by atoms with Gasteiger partial charge in [0.15, 0.2) is 5.57 Å². The van der Waals surface area contributed by atoms with E-state index in [1.165, 1.54) is 4.57 Å². The van der Waals surface area contributed by atoms with Gasteiger partial charge in [0.05, 0.1) is 0 Å². The standard InChI is InChI=1S/C30H34N6O4S/c1-3-36-28(38)26(41-29(36)25(19-31)30(39)40-21-22-7-5-4-6-8-22)20-32-23-9-11-24(12-10-23)33-27(37)13-14-35-17-15-34(2)16-18-35/h4-12,20,32H,3,13-18,21H2,1-2H3,(H,33,37)/b26-20+,29-25+. The first-order valence-electron chi connectivity index (χ1n) is 13.5. The largest absolute Gasteiger partial charge is 0.457 e. The number of rotatable bonds is 10. The maximum absolute atomic E-state index is 13.0. The number of nitriles is 1. The lowest BCUT2D eigenvalue weighted by Crippen LogP contribution is -2.45. The van der Waals surface area contributed by atoms with Gasteiger partial charge in [0.25, 0.3) is 5.56 Å². The van der Waals surface area contributed by atoms with Crippen LogP contribution in [0.1, 0.15) is 18.9 Å². The highest BCUT2D eigenvalue weighted by molar-refractivity contribution is 7.07. The molecule has 0 spiro atoms. The van der Waals surface area contributed by atoms with Crippen LogP contribution in [-0.2, 0) is 27.5 Å². The summed E-state index contributed by atoms with van der Waals surface area (Å²) in [7, 11) is 2.11. The first kappa shape index (κ1) is 29.7. The number of piperazine rings is 1. The molecule has 1 saturated heterocycles. The first-order chi connectivity index (χ1) is 19.9. The fourth-order valence-electron chi connectivity index (χ4n) is 4.32. The lowest BCUT2D eigenvalue weighted by atomic mass is 10.2. The summed E-state index contributed by atoms with van der Waals surface area (Å²) in [4.78, 5) is 42.7. The number of esters is 1. The van der Waals surface area contributed by atoms with Crippen LogP contribution >= 0.6 is 11.3 Å². The Morgan fingerprint density at radius 3 is 2.39 bits per heavy atom. The molecule has 1 aromatic heterocycles. The molecule has 1 aliphatic heterocycles. The van der Waals surface area contributed by atoms with Crippen molar-refractivity contribution in [2.75, 3.05) is 50.4 Å². The summed E-state index contributed by atoms with van der Waals surface area (Å²) >= 11 is 1.05. The van der Waals surface area contributed by atoms with Crippen LogP contribution in [0.15, 0.2) is 59.4 Å². The Morgan fingerprint density at radius 2 is 1.73 bits per heavy atom. The number of ether oxygens (including phenoxy) is 1. The Bertz CT molecular complexity index is 1570. The number of amides is 1. The molecule has 0 atom stereocenters. The highest BCUT2D eigenvalue weighted by Crippen LogP contribution is 2.14. The Hall–Kier alpha value is -4.24. The van der Waals surface area contributed by atoms with Gasteiger partial charge in [-0.15, -0.1) is 11.3 Å². The monoisotopic (exact) mass is 574 g/mol. The molecule has 0 saturated carbocycles. The van der Waals surface area contributed by atoms with E-state index < -0.39 is 5.97 Å². The number of benzene rings is 2. The quantitative estimate of drug-likeness (QED) is 0.352. The maximum atomic E-state index is 13.0. The zero-order valence-electron chi connectivity index (χ0n) is 23.3. The molecule has 2 heterocycles. The van der Waals surface area contributed by atoms with Gasteiger partial charge >= 0.3 is 5.97 Å². The van der Waals surface area contributed by atoms with E-state index in [1.54, 1.807) is 37.4 Å². The normalized spacial score (nSPS) is 15.2. The molecule has 1 fully saturated rings. The van der Waals surface area contributed by atoms with Gasteiger partial charge in [-0.05, 0) is 43.8 Å². The smallest absolute Gasteiger partial charge is 0.352 e. The van der Waals surface area contributed by atoms with Crippen LogP contribution in [0.5, 0.6) is 0 Å². The molecule has 11 heteroatoms. The number of carbonyl (C=O) groups is 2. The third-order valence-corrected chi connectivity index (χ3v) is 7.89. The van der Waals surface area contributed by atoms with Gasteiger partial charge in [-0.2, -0.15) is 5.26 Å². The van der Waals surface area contributed by atoms with Crippen molar-refractivity contribution in [2.24, 2.45) is 0 Å². The first-order valence-corrected chi connectivity index (χ1v) is 14.3. The zero-order chi connectivity index (χ0) is 29.2. The number of nitrogens with zero attached hydrogens (tertiary/aromatic N) is 4. The number of anilines is 2. The Morgan fingerprint density at radius 1 is 1.05 bits per heavy atom. The minimum absolute atomic E-state index is 0.0276. The molecule has 0 radical (unpaired) electrons. The van der Waals surface area contributed by atoms with Crippen LogP contribution in [-0.4, -0.2) is 66.0 Å². The third-order valence-electron chi connectivity index (χ3n) is 6.76. The van der Waals surface area contributed by atoms with E-state index in [-0.39, 0.29) is 28.3 Å². The SMILES string of the molecule is CCn1c(=O)/c(=C\Nc2ccc(NC(=O)CCN3CCN(C)CC3)cc2)s/c1=C(\C#N)C(=O)OCc1ccccc1. The summed E-state index contributed by atoms with van der Waals surface area (Å²) in [6, 6.07) is 18.3.